The fourth-order valence-corrected chi connectivity index (χ4v) is 2.42. The van der Waals surface area contributed by atoms with E-state index in [2.05, 4.69) is 6.08 Å². The monoisotopic (exact) mass is 164 g/mol. The molecule has 0 unspecified atom stereocenters. The van der Waals surface area contributed by atoms with Crippen molar-refractivity contribution in [3.63, 3.8) is 0 Å². The molecular formula is C11H16O. The second-order valence-corrected chi connectivity index (χ2v) is 3.98. The quantitative estimate of drug-likeness (QED) is 0.503. The highest BCUT2D eigenvalue weighted by Crippen LogP contribution is 2.35. The number of carbonyl (C=O) groups excluding carboxylic acids is 1. The first-order valence-electron chi connectivity index (χ1n) is 5.07. The minimum absolute atomic E-state index is 0.470. The molecule has 2 aliphatic rings. The molecule has 0 N–H and O–H groups in total. The van der Waals surface area contributed by atoms with Crippen molar-refractivity contribution in [3.8, 4) is 0 Å². The van der Waals surface area contributed by atoms with Crippen LogP contribution in [0.3, 0.4) is 0 Å². The summed E-state index contributed by atoms with van der Waals surface area (Å²) in [4.78, 5) is 11.2. The molecule has 0 aromatic carbocycles. The Labute approximate surface area is 73.8 Å². The standard InChI is InChI=1S/C11H16O/c12-11-6-2-5-9-3-1-4-10(9)7-8-11/h5,10H,1-4,6-8H2/t10-/m0/s1. The molecule has 0 aliphatic heterocycles. The lowest BCUT2D eigenvalue weighted by Crippen LogP contribution is -2.06. The average Bonchev–Trinajstić information content (AvgIpc) is 2.45. The zero-order valence-electron chi connectivity index (χ0n) is 7.51. The van der Waals surface area contributed by atoms with Crippen LogP contribution in [0.25, 0.3) is 0 Å². The van der Waals surface area contributed by atoms with Crippen LogP contribution in [-0.2, 0) is 4.79 Å². The van der Waals surface area contributed by atoms with Gasteiger partial charge in [0, 0.05) is 12.8 Å². The van der Waals surface area contributed by atoms with Crippen molar-refractivity contribution in [1.29, 1.82) is 0 Å². The van der Waals surface area contributed by atoms with Crippen LogP contribution in [0.1, 0.15) is 44.9 Å². The van der Waals surface area contributed by atoms with Gasteiger partial charge in [0.25, 0.3) is 0 Å². The molecule has 66 valence electrons. The molecule has 2 rings (SSSR count). The van der Waals surface area contributed by atoms with Gasteiger partial charge in [0.15, 0.2) is 0 Å². The Morgan fingerprint density at radius 2 is 2.08 bits per heavy atom. The Bertz CT molecular complexity index is 215. The molecule has 12 heavy (non-hydrogen) atoms. The smallest absolute Gasteiger partial charge is 0.133 e. The largest absolute Gasteiger partial charge is 0.300 e. The fourth-order valence-electron chi connectivity index (χ4n) is 2.42. The third-order valence-corrected chi connectivity index (χ3v) is 3.14. The number of ketones is 1. The topological polar surface area (TPSA) is 17.1 Å². The van der Waals surface area contributed by atoms with E-state index in [1.165, 1.54) is 19.3 Å². The van der Waals surface area contributed by atoms with Crippen LogP contribution < -0.4 is 0 Å². The predicted molar refractivity (Wildman–Crippen MR) is 48.9 cm³/mol. The Kier molecular flexibility index (Phi) is 2.29. The van der Waals surface area contributed by atoms with Crippen molar-refractivity contribution in [2.75, 3.05) is 0 Å². The summed E-state index contributed by atoms with van der Waals surface area (Å²) in [6, 6.07) is 0. The van der Waals surface area contributed by atoms with Gasteiger partial charge in [-0.3, -0.25) is 4.79 Å². The lowest BCUT2D eigenvalue weighted by Gasteiger charge is -2.14. The van der Waals surface area contributed by atoms with Crippen molar-refractivity contribution in [2.45, 2.75) is 44.9 Å². The summed E-state index contributed by atoms with van der Waals surface area (Å²) >= 11 is 0. The van der Waals surface area contributed by atoms with Crippen LogP contribution in [0.4, 0.5) is 0 Å². The highest BCUT2D eigenvalue weighted by molar-refractivity contribution is 5.78. The predicted octanol–water partition coefficient (Wildman–Crippen LogP) is 2.86. The van der Waals surface area contributed by atoms with Gasteiger partial charge in [-0.2, -0.15) is 0 Å². The zero-order valence-corrected chi connectivity index (χ0v) is 7.51. The number of allylic oxidation sites excluding steroid dienone is 2. The van der Waals surface area contributed by atoms with E-state index in [-0.39, 0.29) is 0 Å². The van der Waals surface area contributed by atoms with Gasteiger partial charge in [-0.05, 0) is 38.0 Å². The number of carbonyl (C=O) groups is 1. The second-order valence-electron chi connectivity index (χ2n) is 3.98. The summed E-state index contributed by atoms with van der Waals surface area (Å²) < 4.78 is 0. The Hall–Kier alpha value is -0.590. The first-order chi connectivity index (χ1) is 5.86. The van der Waals surface area contributed by atoms with Crippen LogP contribution in [-0.4, -0.2) is 5.78 Å². The van der Waals surface area contributed by atoms with Gasteiger partial charge in [0.2, 0.25) is 0 Å². The summed E-state index contributed by atoms with van der Waals surface area (Å²) in [5.41, 5.74) is 1.66. The number of rotatable bonds is 0. The van der Waals surface area contributed by atoms with Gasteiger partial charge in [-0.15, -0.1) is 0 Å². The normalized spacial score (nSPS) is 30.5. The zero-order chi connectivity index (χ0) is 8.39. The molecule has 1 fully saturated rings. The molecule has 1 atom stereocenters. The fraction of sp³-hybridized carbons (Fsp3) is 0.727. The molecule has 1 heteroatoms. The molecule has 2 aliphatic carbocycles. The van der Waals surface area contributed by atoms with Crippen molar-refractivity contribution in [2.24, 2.45) is 5.92 Å². The van der Waals surface area contributed by atoms with Crippen molar-refractivity contribution in [3.05, 3.63) is 11.6 Å². The van der Waals surface area contributed by atoms with Gasteiger partial charge >= 0.3 is 0 Å². The Morgan fingerprint density at radius 1 is 1.17 bits per heavy atom. The highest BCUT2D eigenvalue weighted by atomic mass is 16.1. The summed E-state index contributed by atoms with van der Waals surface area (Å²) in [6.45, 7) is 0. The molecule has 0 saturated heterocycles. The van der Waals surface area contributed by atoms with E-state index in [0.717, 1.165) is 31.6 Å². The maximum Gasteiger partial charge on any atom is 0.133 e. The average molecular weight is 164 g/mol. The van der Waals surface area contributed by atoms with E-state index in [1.807, 2.05) is 0 Å². The van der Waals surface area contributed by atoms with Crippen LogP contribution >= 0.6 is 0 Å². The second kappa shape index (κ2) is 3.42. The molecule has 0 aromatic rings. The molecule has 1 nitrogen and oxygen atoms in total. The first kappa shape index (κ1) is 8.03. The Balaban J connectivity index is 2.08. The van der Waals surface area contributed by atoms with Gasteiger partial charge in [0.05, 0.1) is 0 Å². The lowest BCUT2D eigenvalue weighted by molar-refractivity contribution is -0.119. The van der Waals surface area contributed by atoms with Gasteiger partial charge in [-0.25, -0.2) is 0 Å². The van der Waals surface area contributed by atoms with E-state index in [4.69, 9.17) is 0 Å². The molecule has 0 radical (unpaired) electrons. The number of hydrogen-bond acceptors (Lipinski definition) is 1. The minimum Gasteiger partial charge on any atom is -0.300 e. The summed E-state index contributed by atoms with van der Waals surface area (Å²) in [5.74, 6) is 1.24. The van der Waals surface area contributed by atoms with E-state index in [9.17, 15) is 4.79 Å². The van der Waals surface area contributed by atoms with Crippen molar-refractivity contribution >= 4 is 5.78 Å². The van der Waals surface area contributed by atoms with E-state index >= 15 is 0 Å². The molecule has 0 spiro atoms. The van der Waals surface area contributed by atoms with Gasteiger partial charge in [-0.1, -0.05) is 11.6 Å². The van der Waals surface area contributed by atoms with Crippen molar-refractivity contribution in [1.82, 2.24) is 0 Å². The van der Waals surface area contributed by atoms with Gasteiger partial charge < -0.3 is 0 Å². The summed E-state index contributed by atoms with van der Waals surface area (Å²) in [6.07, 6.45) is 10.1. The number of fused-ring (bicyclic) bond motifs is 1. The molecule has 0 bridgehead atoms. The molecule has 0 amide bonds. The van der Waals surface area contributed by atoms with E-state index < -0.39 is 0 Å². The number of Topliss-reactive ketones (excluding diaryl/α,β-unsaturated/α-hetero) is 1. The minimum atomic E-state index is 0.470. The van der Waals surface area contributed by atoms with Crippen molar-refractivity contribution < 1.29 is 4.79 Å². The third-order valence-electron chi connectivity index (χ3n) is 3.14. The highest BCUT2D eigenvalue weighted by Gasteiger charge is 2.22. The molecule has 1 saturated carbocycles. The maximum absolute atomic E-state index is 11.2. The third kappa shape index (κ3) is 1.60. The van der Waals surface area contributed by atoms with Crippen LogP contribution in [0.5, 0.6) is 0 Å². The van der Waals surface area contributed by atoms with Crippen LogP contribution in [0.2, 0.25) is 0 Å². The summed E-state index contributed by atoms with van der Waals surface area (Å²) in [5, 5.41) is 0. The first-order valence-corrected chi connectivity index (χ1v) is 5.07. The maximum atomic E-state index is 11.2. The van der Waals surface area contributed by atoms with Gasteiger partial charge in [0.1, 0.15) is 5.78 Å². The van der Waals surface area contributed by atoms with Crippen LogP contribution in [0.15, 0.2) is 11.6 Å². The molecule has 0 heterocycles. The van der Waals surface area contributed by atoms with E-state index in [0.29, 0.717) is 5.78 Å². The SMILES string of the molecule is O=C1CCC=C2CCC[C@H]2CC1. The lowest BCUT2D eigenvalue weighted by atomic mass is 9.91. The Morgan fingerprint density at radius 3 is 3.00 bits per heavy atom. The molecular weight excluding hydrogens is 148 g/mol. The summed E-state index contributed by atoms with van der Waals surface area (Å²) in [7, 11) is 0. The number of hydrogen-bond donors (Lipinski definition) is 0. The van der Waals surface area contributed by atoms with Crippen LogP contribution in [0, 0.1) is 5.92 Å². The van der Waals surface area contributed by atoms with E-state index in [1.54, 1.807) is 5.57 Å². The molecule has 0 aromatic heterocycles.